The average molecular weight is 289 g/mol. The van der Waals surface area contributed by atoms with Crippen molar-refractivity contribution in [3.8, 4) is 0 Å². The number of aromatic nitrogens is 4. The lowest BCUT2D eigenvalue weighted by molar-refractivity contribution is 0.0933. The molecule has 0 saturated carbocycles. The Morgan fingerprint density at radius 1 is 1.38 bits per heavy atom. The summed E-state index contributed by atoms with van der Waals surface area (Å²) >= 11 is 0. The number of hydrogen-bond donors (Lipinski definition) is 1. The molecule has 2 heterocycles. The van der Waals surface area contributed by atoms with Gasteiger partial charge in [-0.2, -0.15) is 10.2 Å². The second-order valence-electron chi connectivity index (χ2n) is 5.18. The van der Waals surface area contributed by atoms with E-state index in [9.17, 15) is 4.79 Å². The van der Waals surface area contributed by atoms with Gasteiger partial charge in [-0.1, -0.05) is 13.8 Å². The normalized spacial score (nSPS) is 12.4. The van der Waals surface area contributed by atoms with Gasteiger partial charge in [0.1, 0.15) is 0 Å². The topological polar surface area (TPSA) is 64.7 Å². The Hall–Kier alpha value is -2.11. The van der Waals surface area contributed by atoms with Crippen LogP contribution in [0, 0.1) is 6.92 Å². The molecule has 1 atom stereocenters. The first-order valence-electron chi connectivity index (χ1n) is 7.39. The Morgan fingerprint density at radius 2 is 2.14 bits per heavy atom. The zero-order valence-corrected chi connectivity index (χ0v) is 13.1. The molecule has 21 heavy (non-hydrogen) atoms. The minimum absolute atomic E-state index is 0.0427. The van der Waals surface area contributed by atoms with Gasteiger partial charge in [-0.25, -0.2) is 0 Å². The van der Waals surface area contributed by atoms with Gasteiger partial charge in [-0.05, 0) is 25.8 Å². The molecule has 1 N–H and O–H groups in total. The molecule has 0 radical (unpaired) electrons. The van der Waals surface area contributed by atoms with Gasteiger partial charge in [0.25, 0.3) is 5.91 Å². The molecular weight excluding hydrogens is 266 g/mol. The van der Waals surface area contributed by atoms with Gasteiger partial charge in [0.2, 0.25) is 0 Å². The first-order chi connectivity index (χ1) is 10.1. The van der Waals surface area contributed by atoms with Crippen molar-refractivity contribution < 1.29 is 4.79 Å². The smallest absolute Gasteiger partial charge is 0.255 e. The minimum atomic E-state index is -0.0806. The van der Waals surface area contributed by atoms with Crippen molar-refractivity contribution in [2.24, 2.45) is 7.05 Å². The summed E-state index contributed by atoms with van der Waals surface area (Å²) in [6, 6.07) is 1.89. The van der Waals surface area contributed by atoms with Crippen LogP contribution in [0.3, 0.4) is 0 Å². The third-order valence-corrected chi connectivity index (χ3v) is 3.71. The number of nitrogens with zero attached hydrogens (tertiary/aromatic N) is 4. The SMILES string of the molecule is CCCn1ncc(C(=O)NC(CC)c2ccnn2C)c1C. The summed E-state index contributed by atoms with van der Waals surface area (Å²) in [5.41, 5.74) is 2.56. The van der Waals surface area contributed by atoms with Crippen LogP contribution in [-0.4, -0.2) is 25.5 Å². The van der Waals surface area contributed by atoms with E-state index in [1.54, 1.807) is 17.1 Å². The van der Waals surface area contributed by atoms with Crippen LogP contribution in [0.1, 0.15) is 54.5 Å². The van der Waals surface area contributed by atoms with Crippen LogP contribution in [0.25, 0.3) is 0 Å². The van der Waals surface area contributed by atoms with Gasteiger partial charge in [0.15, 0.2) is 0 Å². The summed E-state index contributed by atoms with van der Waals surface area (Å²) in [6.07, 6.45) is 5.20. The fraction of sp³-hybridized carbons (Fsp3) is 0.533. The summed E-state index contributed by atoms with van der Waals surface area (Å²) in [5, 5.41) is 11.5. The van der Waals surface area contributed by atoms with E-state index in [0.29, 0.717) is 5.56 Å². The lowest BCUT2D eigenvalue weighted by Crippen LogP contribution is -2.29. The second-order valence-corrected chi connectivity index (χ2v) is 5.18. The summed E-state index contributed by atoms with van der Waals surface area (Å²) in [5.74, 6) is -0.0806. The number of carbonyl (C=O) groups is 1. The molecule has 0 aliphatic carbocycles. The Labute approximate surface area is 125 Å². The lowest BCUT2D eigenvalue weighted by Gasteiger charge is -2.17. The Bertz CT molecular complexity index is 613. The molecule has 1 amide bonds. The van der Waals surface area contributed by atoms with E-state index in [0.717, 1.165) is 30.8 Å². The zero-order valence-electron chi connectivity index (χ0n) is 13.1. The lowest BCUT2D eigenvalue weighted by atomic mass is 10.1. The fourth-order valence-electron chi connectivity index (χ4n) is 2.45. The van der Waals surface area contributed by atoms with Crippen molar-refractivity contribution in [1.29, 1.82) is 0 Å². The molecule has 0 spiro atoms. The maximum absolute atomic E-state index is 12.5. The summed E-state index contributed by atoms with van der Waals surface area (Å²) in [4.78, 5) is 12.5. The molecule has 1 unspecified atom stereocenters. The molecule has 0 bridgehead atoms. The van der Waals surface area contributed by atoms with E-state index in [-0.39, 0.29) is 11.9 Å². The molecular formula is C15H23N5O. The minimum Gasteiger partial charge on any atom is -0.344 e. The van der Waals surface area contributed by atoms with Crippen LogP contribution in [0.15, 0.2) is 18.5 Å². The maximum Gasteiger partial charge on any atom is 0.255 e. The fourth-order valence-corrected chi connectivity index (χ4v) is 2.45. The summed E-state index contributed by atoms with van der Waals surface area (Å²) < 4.78 is 3.67. The maximum atomic E-state index is 12.5. The highest BCUT2D eigenvalue weighted by atomic mass is 16.1. The number of aryl methyl sites for hydroxylation is 2. The number of carbonyl (C=O) groups excluding carboxylic acids is 1. The average Bonchev–Trinajstić information content (AvgIpc) is 3.04. The standard InChI is InChI=1S/C15H23N5O/c1-5-9-20-11(3)12(10-17-20)15(21)18-13(6-2)14-7-8-16-19(14)4/h7-8,10,13H,5-6,9H2,1-4H3,(H,18,21). The van der Waals surface area contributed by atoms with Crippen LogP contribution in [0.5, 0.6) is 0 Å². The van der Waals surface area contributed by atoms with Crippen molar-refractivity contribution in [2.45, 2.75) is 46.2 Å². The molecule has 114 valence electrons. The third-order valence-electron chi connectivity index (χ3n) is 3.71. The largest absolute Gasteiger partial charge is 0.344 e. The molecule has 0 aliphatic rings. The first kappa shape index (κ1) is 15.3. The van der Waals surface area contributed by atoms with Crippen molar-refractivity contribution in [2.75, 3.05) is 0 Å². The second kappa shape index (κ2) is 6.56. The Kier molecular flexibility index (Phi) is 4.77. The molecule has 2 aromatic rings. The van der Waals surface area contributed by atoms with Crippen molar-refractivity contribution >= 4 is 5.91 Å². The van der Waals surface area contributed by atoms with E-state index >= 15 is 0 Å². The van der Waals surface area contributed by atoms with E-state index in [2.05, 4.69) is 22.4 Å². The molecule has 2 aromatic heterocycles. The van der Waals surface area contributed by atoms with Crippen LogP contribution < -0.4 is 5.32 Å². The van der Waals surface area contributed by atoms with Crippen LogP contribution in [0.4, 0.5) is 0 Å². The molecule has 0 aliphatic heterocycles. The highest BCUT2D eigenvalue weighted by molar-refractivity contribution is 5.95. The van der Waals surface area contributed by atoms with Crippen molar-refractivity contribution in [1.82, 2.24) is 24.9 Å². The van der Waals surface area contributed by atoms with Crippen molar-refractivity contribution in [3.05, 3.63) is 35.4 Å². The molecule has 0 saturated heterocycles. The van der Waals surface area contributed by atoms with Crippen LogP contribution >= 0.6 is 0 Å². The van der Waals surface area contributed by atoms with Gasteiger partial charge in [0.05, 0.1) is 23.5 Å². The first-order valence-corrected chi connectivity index (χ1v) is 7.39. The van der Waals surface area contributed by atoms with Crippen LogP contribution in [0.2, 0.25) is 0 Å². The third kappa shape index (κ3) is 3.15. The molecule has 0 aromatic carbocycles. The summed E-state index contributed by atoms with van der Waals surface area (Å²) in [6.45, 7) is 6.91. The monoisotopic (exact) mass is 289 g/mol. The predicted octanol–water partition coefficient (Wildman–Crippen LogP) is 2.22. The van der Waals surface area contributed by atoms with E-state index in [4.69, 9.17) is 0 Å². The van der Waals surface area contributed by atoms with Crippen molar-refractivity contribution in [3.63, 3.8) is 0 Å². The molecule has 6 nitrogen and oxygen atoms in total. The molecule has 2 rings (SSSR count). The quantitative estimate of drug-likeness (QED) is 0.886. The van der Waals surface area contributed by atoms with Gasteiger partial charge in [-0.15, -0.1) is 0 Å². The van der Waals surface area contributed by atoms with Crippen LogP contribution in [-0.2, 0) is 13.6 Å². The van der Waals surface area contributed by atoms with E-state index < -0.39 is 0 Å². The van der Waals surface area contributed by atoms with E-state index in [1.807, 2.05) is 31.6 Å². The Balaban J connectivity index is 2.15. The summed E-state index contributed by atoms with van der Waals surface area (Å²) in [7, 11) is 1.88. The number of nitrogens with one attached hydrogen (secondary N) is 1. The number of rotatable bonds is 6. The van der Waals surface area contributed by atoms with Gasteiger partial charge >= 0.3 is 0 Å². The number of amides is 1. The van der Waals surface area contributed by atoms with Gasteiger partial charge < -0.3 is 5.32 Å². The highest BCUT2D eigenvalue weighted by Gasteiger charge is 2.19. The highest BCUT2D eigenvalue weighted by Crippen LogP contribution is 2.17. The van der Waals surface area contributed by atoms with Gasteiger partial charge in [-0.3, -0.25) is 14.2 Å². The number of hydrogen-bond acceptors (Lipinski definition) is 3. The predicted molar refractivity (Wildman–Crippen MR) is 81.0 cm³/mol. The molecule has 0 fully saturated rings. The van der Waals surface area contributed by atoms with E-state index in [1.165, 1.54) is 0 Å². The Morgan fingerprint density at radius 3 is 2.71 bits per heavy atom. The van der Waals surface area contributed by atoms with Gasteiger partial charge in [0, 0.05) is 25.5 Å². The molecule has 6 heteroatoms. The zero-order chi connectivity index (χ0) is 15.4.